The largest absolute Gasteiger partial charge is 0.460 e. The standard InChI is InChI=1S/C25H26N2O3/c1-16(2)30-25(29)24-18(4)27(15-21-8-6-5-7-20(21)14-26)23(28)13-22(24)19-11-9-17(3)10-12-19/h5-12,16,22H,13,15H2,1-4H3/t22-/m0/s1. The number of carbonyl (C=O) groups is 2. The van der Waals surface area contributed by atoms with Gasteiger partial charge in [0, 0.05) is 18.0 Å². The van der Waals surface area contributed by atoms with Gasteiger partial charge in [-0.25, -0.2) is 4.79 Å². The number of hydrogen-bond donors (Lipinski definition) is 0. The van der Waals surface area contributed by atoms with Crippen molar-refractivity contribution in [3.63, 3.8) is 0 Å². The van der Waals surface area contributed by atoms with E-state index in [1.54, 1.807) is 24.0 Å². The average molecular weight is 402 g/mol. The van der Waals surface area contributed by atoms with E-state index < -0.39 is 5.97 Å². The molecule has 0 radical (unpaired) electrons. The zero-order chi connectivity index (χ0) is 21.8. The molecule has 154 valence electrons. The van der Waals surface area contributed by atoms with E-state index in [0.717, 1.165) is 16.7 Å². The Morgan fingerprint density at radius 2 is 1.83 bits per heavy atom. The molecule has 1 heterocycles. The molecule has 0 saturated carbocycles. The van der Waals surface area contributed by atoms with Gasteiger partial charge < -0.3 is 9.64 Å². The second-order valence-corrected chi connectivity index (χ2v) is 7.87. The van der Waals surface area contributed by atoms with Crippen molar-refractivity contribution in [3.05, 3.63) is 82.1 Å². The lowest BCUT2D eigenvalue weighted by Gasteiger charge is -2.35. The Hall–Kier alpha value is -3.39. The highest BCUT2D eigenvalue weighted by Crippen LogP contribution is 2.38. The Morgan fingerprint density at radius 1 is 1.17 bits per heavy atom. The van der Waals surface area contributed by atoms with Crippen LogP contribution in [0.3, 0.4) is 0 Å². The third-order valence-electron chi connectivity index (χ3n) is 5.33. The molecule has 0 spiro atoms. The van der Waals surface area contributed by atoms with E-state index >= 15 is 0 Å². The van der Waals surface area contributed by atoms with E-state index in [1.165, 1.54) is 0 Å². The molecule has 0 aliphatic carbocycles. The first-order valence-electron chi connectivity index (χ1n) is 10.1. The minimum atomic E-state index is -0.404. The first-order chi connectivity index (χ1) is 14.3. The summed E-state index contributed by atoms with van der Waals surface area (Å²) in [5.41, 5.74) is 4.38. The molecule has 3 rings (SSSR count). The highest BCUT2D eigenvalue weighted by molar-refractivity contribution is 5.96. The van der Waals surface area contributed by atoms with Crippen LogP contribution in [0.25, 0.3) is 0 Å². The van der Waals surface area contributed by atoms with Gasteiger partial charge in [-0.2, -0.15) is 5.26 Å². The summed E-state index contributed by atoms with van der Waals surface area (Å²) in [5, 5.41) is 9.39. The lowest BCUT2D eigenvalue weighted by molar-refractivity contribution is -0.143. The number of allylic oxidation sites excluding steroid dienone is 1. The van der Waals surface area contributed by atoms with Crippen LogP contribution >= 0.6 is 0 Å². The van der Waals surface area contributed by atoms with Gasteiger partial charge in [0.1, 0.15) is 0 Å². The Bertz CT molecular complexity index is 1030. The van der Waals surface area contributed by atoms with Gasteiger partial charge in [0.05, 0.1) is 29.9 Å². The first-order valence-corrected chi connectivity index (χ1v) is 10.1. The summed E-state index contributed by atoms with van der Waals surface area (Å²) in [7, 11) is 0. The number of carbonyl (C=O) groups excluding carboxylic acids is 2. The van der Waals surface area contributed by atoms with E-state index in [1.807, 2.05) is 57.2 Å². The van der Waals surface area contributed by atoms with Crippen molar-refractivity contribution < 1.29 is 14.3 Å². The molecule has 0 fully saturated rings. The molecule has 1 amide bonds. The van der Waals surface area contributed by atoms with Crippen LogP contribution in [0.5, 0.6) is 0 Å². The second kappa shape index (κ2) is 8.96. The average Bonchev–Trinajstić information content (AvgIpc) is 2.71. The Balaban J connectivity index is 2.06. The van der Waals surface area contributed by atoms with Crippen LogP contribution in [0.4, 0.5) is 0 Å². The molecular formula is C25H26N2O3. The Kier molecular flexibility index (Phi) is 6.37. The molecule has 0 N–H and O–H groups in total. The number of nitrogens with zero attached hydrogens (tertiary/aromatic N) is 2. The summed E-state index contributed by atoms with van der Waals surface area (Å²) in [6.45, 7) is 7.64. The van der Waals surface area contributed by atoms with Crippen LogP contribution in [0, 0.1) is 18.3 Å². The summed E-state index contributed by atoms with van der Waals surface area (Å²) in [5.74, 6) is -0.835. The van der Waals surface area contributed by atoms with E-state index in [0.29, 0.717) is 16.8 Å². The second-order valence-electron chi connectivity index (χ2n) is 7.87. The maximum atomic E-state index is 13.1. The quantitative estimate of drug-likeness (QED) is 0.685. The number of ether oxygens (including phenoxy) is 1. The lowest BCUT2D eigenvalue weighted by Crippen LogP contribution is -2.38. The third-order valence-corrected chi connectivity index (χ3v) is 5.33. The Labute approximate surface area is 177 Å². The van der Waals surface area contributed by atoms with Crippen molar-refractivity contribution in [2.45, 2.75) is 52.7 Å². The smallest absolute Gasteiger partial charge is 0.336 e. The topological polar surface area (TPSA) is 70.4 Å². The maximum Gasteiger partial charge on any atom is 0.336 e. The number of esters is 1. The number of aryl methyl sites for hydroxylation is 1. The lowest BCUT2D eigenvalue weighted by atomic mass is 9.83. The van der Waals surface area contributed by atoms with Crippen molar-refractivity contribution in [1.82, 2.24) is 4.90 Å². The van der Waals surface area contributed by atoms with Gasteiger partial charge in [-0.3, -0.25) is 4.79 Å². The number of hydrogen-bond acceptors (Lipinski definition) is 4. The summed E-state index contributed by atoms with van der Waals surface area (Å²) < 4.78 is 5.53. The van der Waals surface area contributed by atoms with E-state index in [2.05, 4.69) is 6.07 Å². The molecule has 1 atom stereocenters. The zero-order valence-corrected chi connectivity index (χ0v) is 17.8. The monoisotopic (exact) mass is 402 g/mol. The molecule has 0 unspecified atom stereocenters. The van der Waals surface area contributed by atoms with Crippen molar-refractivity contribution in [3.8, 4) is 6.07 Å². The van der Waals surface area contributed by atoms with Gasteiger partial charge in [0.25, 0.3) is 0 Å². The fraction of sp³-hybridized carbons (Fsp3) is 0.320. The van der Waals surface area contributed by atoms with Gasteiger partial charge in [0.2, 0.25) is 5.91 Å². The molecule has 30 heavy (non-hydrogen) atoms. The molecule has 1 aliphatic heterocycles. The van der Waals surface area contributed by atoms with Crippen molar-refractivity contribution >= 4 is 11.9 Å². The molecule has 2 aromatic rings. The molecule has 2 aromatic carbocycles. The van der Waals surface area contributed by atoms with Gasteiger partial charge in [-0.1, -0.05) is 48.0 Å². The first kappa shape index (κ1) is 21.3. The molecule has 0 saturated heterocycles. The van der Waals surface area contributed by atoms with Crippen molar-refractivity contribution in [2.24, 2.45) is 0 Å². The molecule has 1 aliphatic rings. The van der Waals surface area contributed by atoms with Gasteiger partial charge in [-0.05, 0) is 44.9 Å². The number of amides is 1. The minimum Gasteiger partial charge on any atom is -0.460 e. The molecular weight excluding hydrogens is 376 g/mol. The van der Waals surface area contributed by atoms with Gasteiger partial charge in [-0.15, -0.1) is 0 Å². The normalized spacial score (nSPS) is 16.6. The molecule has 5 heteroatoms. The summed E-state index contributed by atoms with van der Waals surface area (Å²) in [6, 6.07) is 17.2. The molecule has 0 aromatic heterocycles. The number of nitriles is 1. The van der Waals surface area contributed by atoms with Crippen LogP contribution in [0.1, 0.15) is 55.4 Å². The fourth-order valence-corrected chi connectivity index (χ4v) is 3.77. The summed E-state index contributed by atoms with van der Waals surface area (Å²) in [4.78, 5) is 27.7. The highest BCUT2D eigenvalue weighted by atomic mass is 16.5. The van der Waals surface area contributed by atoms with Crippen LogP contribution in [-0.4, -0.2) is 22.9 Å². The zero-order valence-electron chi connectivity index (χ0n) is 17.8. The van der Waals surface area contributed by atoms with Crippen LogP contribution in [0.15, 0.2) is 59.8 Å². The highest BCUT2D eigenvalue weighted by Gasteiger charge is 2.37. The SMILES string of the molecule is CC1=C(C(=O)OC(C)C)[C@H](c2ccc(C)cc2)CC(=O)N1Cc1ccccc1C#N. The maximum absolute atomic E-state index is 13.1. The van der Waals surface area contributed by atoms with Crippen LogP contribution < -0.4 is 0 Å². The van der Waals surface area contributed by atoms with Crippen molar-refractivity contribution in [2.75, 3.05) is 0 Å². The number of benzene rings is 2. The fourth-order valence-electron chi connectivity index (χ4n) is 3.77. The molecule has 5 nitrogen and oxygen atoms in total. The summed E-state index contributed by atoms with van der Waals surface area (Å²) >= 11 is 0. The predicted molar refractivity (Wildman–Crippen MR) is 114 cm³/mol. The number of rotatable bonds is 5. The summed E-state index contributed by atoms with van der Waals surface area (Å²) in [6.07, 6.45) is -0.0839. The van der Waals surface area contributed by atoms with Crippen molar-refractivity contribution in [1.29, 1.82) is 5.26 Å². The van der Waals surface area contributed by atoms with Crippen LogP contribution in [0.2, 0.25) is 0 Å². The van der Waals surface area contributed by atoms with Gasteiger partial charge in [0.15, 0.2) is 0 Å². The Morgan fingerprint density at radius 3 is 2.47 bits per heavy atom. The third kappa shape index (κ3) is 4.44. The van der Waals surface area contributed by atoms with E-state index in [9.17, 15) is 14.9 Å². The molecule has 0 bridgehead atoms. The van der Waals surface area contributed by atoms with E-state index in [-0.39, 0.29) is 30.9 Å². The predicted octanol–water partition coefficient (Wildman–Crippen LogP) is 4.61. The van der Waals surface area contributed by atoms with E-state index in [4.69, 9.17) is 4.74 Å². The van der Waals surface area contributed by atoms with Gasteiger partial charge >= 0.3 is 5.97 Å². The minimum absolute atomic E-state index is 0.0769. The van der Waals surface area contributed by atoms with Crippen LogP contribution in [-0.2, 0) is 20.9 Å².